The molecule has 0 aliphatic carbocycles. The van der Waals surface area contributed by atoms with Crippen LogP contribution in [0.25, 0.3) is 0 Å². The molecule has 16 heavy (non-hydrogen) atoms. The highest BCUT2D eigenvalue weighted by atomic mass is 15.0. The van der Waals surface area contributed by atoms with Gasteiger partial charge in [0.2, 0.25) is 0 Å². The van der Waals surface area contributed by atoms with E-state index in [-0.39, 0.29) is 5.41 Å². The van der Waals surface area contributed by atoms with Gasteiger partial charge in [-0.1, -0.05) is 27.7 Å². The molecule has 1 heterocycles. The van der Waals surface area contributed by atoms with Crippen LogP contribution in [0.1, 0.15) is 52.6 Å². The van der Waals surface area contributed by atoms with Crippen molar-refractivity contribution in [2.45, 2.75) is 52.9 Å². The highest BCUT2D eigenvalue weighted by molar-refractivity contribution is 5.37. The Balaban J connectivity index is 3.08. The Hall–Kier alpha value is -1.12. The van der Waals surface area contributed by atoms with E-state index in [1.54, 1.807) is 0 Å². The standard InChI is InChI=1S/C13H23N3/c1-6-8-11-15-10(13(3,4)5)9-12(16-11)14-7-2/h9H,6-8H2,1-5H3,(H,14,15,16). The Morgan fingerprint density at radius 1 is 1.19 bits per heavy atom. The van der Waals surface area contributed by atoms with Crippen LogP contribution in [0.4, 0.5) is 5.82 Å². The lowest BCUT2D eigenvalue weighted by Gasteiger charge is -2.19. The zero-order chi connectivity index (χ0) is 12.2. The molecule has 0 fully saturated rings. The number of hydrogen-bond acceptors (Lipinski definition) is 3. The number of hydrogen-bond donors (Lipinski definition) is 1. The smallest absolute Gasteiger partial charge is 0.131 e. The van der Waals surface area contributed by atoms with Crippen LogP contribution in [0.2, 0.25) is 0 Å². The summed E-state index contributed by atoms with van der Waals surface area (Å²) in [5.41, 5.74) is 1.19. The van der Waals surface area contributed by atoms with E-state index in [9.17, 15) is 0 Å². The van der Waals surface area contributed by atoms with Gasteiger partial charge in [-0.25, -0.2) is 9.97 Å². The maximum Gasteiger partial charge on any atom is 0.131 e. The zero-order valence-electron chi connectivity index (χ0n) is 11.1. The first-order chi connectivity index (χ1) is 7.47. The fraction of sp³-hybridized carbons (Fsp3) is 0.692. The molecule has 3 heteroatoms. The maximum absolute atomic E-state index is 4.63. The third-order valence-electron chi connectivity index (χ3n) is 2.37. The van der Waals surface area contributed by atoms with Crippen LogP contribution in [0.3, 0.4) is 0 Å². The number of rotatable bonds is 4. The lowest BCUT2D eigenvalue weighted by Crippen LogP contribution is -2.16. The number of aromatic nitrogens is 2. The molecule has 0 radical (unpaired) electrons. The largest absolute Gasteiger partial charge is 0.370 e. The molecule has 0 bridgehead atoms. The van der Waals surface area contributed by atoms with Gasteiger partial charge in [0.05, 0.1) is 5.69 Å². The van der Waals surface area contributed by atoms with Gasteiger partial charge in [0.25, 0.3) is 0 Å². The molecule has 0 aromatic carbocycles. The third-order valence-corrected chi connectivity index (χ3v) is 2.37. The highest BCUT2D eigenvalue weighted by Gasteiger charge is 2.17. The predicted molar refractivity (Wildman–Crippen MR) is 68.9 cm³/mol. The van der Waals surface area contributed by atoms with Gasteiger partial charge in [-0.2, -0.15) is 0 Å². The third kappa shape index (κ3) is 3.47. The fourth-order valence-electron chi connectivity index (χ4n) is 1.49. The summed E-state index contributed by atoms with van der Waals surface area (Å²) >= 11 is 0. The summed E-state index contributed by atoms with van der Waals surface area (Å²) in [6, 6.07) is 2.06. The zero-order valence-corrected chi connectivity index (χ0v) is 11.1. The minimum atomic E-state index is 0.0790. The molecule has 0 atom stereocenters. The second-order valence-electron chi connectivity index (χ2n) is 5.08. The first kappa shape index (κ1) is 12.9. The normalized spacial score (nSPS) is 11.6. The Morgan fingerprint density at radius 2 is 1.88 bits per heavy atom. The summed E-state index contributed by atoms with van der Waals surface area (Å²) in [6.45, 7) is 11.7. The van der Waals surface area contributed by atoms with Crippen molar-refractivity contribution in [1.29, 1.82) is 0 Å². The Labute approximate surface area is 98.7 Å². The van der Waals surface area contributed by atoms with Crippen LogP contribution < -0.4 is 5.32 Å². The van der Waals surface area contributed by atoms with Crippen molar-refractivity contribution in [3.05, 3.63) is 17.6 Å². The number of nitrogens with zero attached hydrogens (tertiary/aromatic N) is 2. The van der Waals surface area contributed by atoms with Gasteiger partial charge in [-0.05, 0) is 13.3 Å². The van der Waals surface area contributed by atoms with Crippen molar-refractivity contribution < 1.29 is 0 Å². The van der Waals surface area contributed by atoms with Crippen LogP contribution in [0.15, 0.2) is 6.07 Å². The molecule has 90 valence electrons. The van der Waals surface area contributed by atoms with Crippen molar-refractivity contribution in [2.24, 2.45) is 0 Å². The molecule has 0 saturated carbocycles. The molecule has 1 aromatic rings. The molecule has 1 rings (SSSR count). The van der Waals surface area contributed by atoms with Crippen LogP contribution in [-0.4, -0.2) is 16.5 Å². The molecule has 0 unspecified atom stereocenters. The summed E-state index contributed by atoms with van der Waals surface area (Å²) in [6.07, 6.45) is 2.03. The predicted octanol–water partition coefficient (Wildman–Crippen LogP) is 3.16. The average molecular weight is 221 g/mol. The maximum atomic E-state index is 4.63. The van der Waals surface area contributed by atoms with Crippen molar-refractivity contribution in [3.63, 3.8) is 0 Å². The van der Waals surface area contributed by atoms with Crippen molar-refractivity contribution in [2.75, 3.05) is 11.9 Å². The quantitative estimate of drug-likeness (QED) is 0.848. The molecule has 0 amide bonds. The lowest BCUT2D eigenvalue weighted by atomic mass is 9.92. The van der Waals surface area contributed by atoms with E-state index < -0.39 is 0 Å². The molecule has 0 aliphatic rings. The van der Waals surface area contributed by atoms with E-state index >= 15 is 0 Å². The van der Waals surface area contributed by atoms with Gasteiger partial charge >= 0.3 is 0 Å². The second-order valence-corrected chi connectivity index (χ2v) is 5.08. The van der Waals surface area contributed by atoms with Crippen LogP contribution in [0.5, 0.6) is 0 Å². The monoisotopic (exact) mass is 221 g/mol. The van der Waals surface area contributed by atoms with Gasteiger partial charge < -0.3 is 5.32 Å². The molecule has 0 aliphatic heterocycles. The Bertz CT molecular complexity index is 315. The first-order valence-corrected chi connectivity index (χ1v) is 6.09. The molecule has 3 nitrogen and oxygen atoms in total. The summed E-state index contributed by atoms with van der Waals surface area (Å²) in [4.78, 5) is 9.13. The van der Waals surface area contributed by atoms with Crippen LogP contribution >= 0.6 is 0 Å². The second kappa shape index (κ2) is 5.28. The van der Waals surface area contributed by atoms with Crippen molar-refractivity contribution in [3.8, 4) is 0 Å². The van der Waals surface area contributed by atoms with E-state index in [0.717, 1.165) is 36.7 Å². The fourth-order valence-corrected chi connectivity index (χ4v) is 1.49. The minimum absolute atomic E-state index is 0.0790. The van der Waals surface area contributed by atoms with Gasteiger partial charge in [-0.3, -0.25) is 0 Å². The molecule has 1 N–H and O–H groups in total. The number of anilines is 1. The molecular formula is C13H23N3. The van der Waals surface area contributed by atoms with Crippen molar-refractivity contribution >= 4 is 5.82 Å². The minimum Gasteiger partial charge on any atom is -0.370 e. The van der Waals surface area contributed by atoms with Gasteiger partial charge in [-0.15, -0.1) is 0 Å². The summed E-state index contributed by atoms with van der Waals surface area (Å²) in [7, 11) is 0. The van der Waals surface area contributed by atoms with E-state index in [2.05, 4.69) is 56.0 Å². The Kier molecular flexibility index (Phi) is 4.27. The van der Waals surface area contributed by atoms with Gasteiger partial charge in [0.1, 0.15) is 11.6 Å². The number of nitrogens with one attached hydrogen (secondary N) is 1. The molecular weight excluding hydrogens is 198 g/mol. The molecule has 1 aromatic heterocycles. The van der Waals surface area contributed by atoms with Gasteiger partial charge in [0, 0.05) is 24.4 Å². The summed E-state index contributed by atoms with van der Waals surface area (Å²) in [5.74, 6) is 1.90. The first-order valence-electron chi connectivity index (χ1n) is 6.09. The topological polar surface area (TPSA) is 37.8 Å². The Morgan fingerprint density at radius 3 is 2.38 bits per heavy atom. The van der Waals surface area contributed by atoms with Crippen LogP contribution in [-0.2, 0) is 11.8 Å². The summed E-state index contributed by atoms with van der Waals surface area (Å²) < 4.78 is 0. The van der Waals surface area contributed by atoms with E-state index in [4.69, 9.17) is 0 Å². The molecule has 0 saturated heterocycles. The van der Waals surface area contributed by atoms with Crippen molar-refractivity contribution in [1.82, 2.24) is 9.97 Å². The summed E-state index contributed by atoms with van der Waals surface area (Å²) in [5, 5.41) is 3.27. The SMILES string of the molecule is CCCc1nc(NCC)cc(C(C)(C)C)n1. The lowest BCUT2D eigenvalue weighted by molar-refractivity contribution is 0.561. The highest BCUT2D eigenvalue weighted by Crippen LogP contribution is 2.22. The van der Waals surface area contributed by atoms with Gasteiger partial charge in [0.15, 0.2) is 0 Å². The molecule has 0 spiro atoms. The number of aryl methyl sites for hydroxylation is 1. The van der Waals surface area contributed by atoms with E-state index in [1.165, 1.54) is 0 Å². The van der Waals surface area contributed by atoms with E-state index in [1.807, 2.05) is 0 Å². The van der Waals surface area contributed by atoms with Crippen LogP contribution in [0, 0.1) is 0 Å². The average Bonchev–Trinajstić information content (AvgIpc) is 2.17. The van der Waals surface area contributed by atoms with E-state index in [0.29, 0.717) is 0 Å².